The molecule has 2 aromatic carbocycles. The zero-order chi connectivity index (χ0) is 30.5. The molecule has 0 atom stereocenters. The minimum absolute atomic E-state index is 0.113. The number of amides is 2. The molecule has 43 heavy (non-hydrogen) atoms. The van der Waals surface area contributed by atoms with Crippen molar-refractivity contribution in [2.24, 2.45) is 7.05 Å². The van der Waals surface area contributed by atoms with Gasteiger partial charge >= 0.3 is 0 Å². The predicted molar refractivity (Wildman–Crippen MR) is 167 cm³/mol. The van der Waals surface area contributed by atoms with Crippen LogP contribution < -0.4 is 20.1 Å². The molecular formula is C31H28Cl2N6O4. The molecule has 0 aliphatic carbocycles. The molecule has 0 aliphatic rings. The lowest BCUT2D eigenvalue weighted by Gasteiger charge is -2.16. The highest BCUT2D eigenvalue weighted by Gasteiger charge is 2.17. The summed E-state index contributed by atoms with van der Waals surface area (Å²) in [4.78, 5) is 32.3. The molecule has 0 aliphatic heterocycles. The van der Waals surface area contributed by atoms with E-state index in [9.17, 15) is 9.59 Å². The molecule has 0 saturated carbocycles. The summed E-state index contributed by atoms with van der Waals surface area (Å²) in [6.07, 6.45) is 6.49. The highest BCUT2D eigenvalue weighted by atomic mass is 35.5. The molecule has 3 aromatic heterocycles. The van der Waals surface area contributed by atoms with Crippen molar-refractivity contribution in [1.29, 1.82) is 0 Å². The number of methoxy groups -OCH3 is 1. The Morgan fingerprint density at radius 3 is 2.65 bits per heavy atom. The van der Waals surface area contributed by atoms with Crippen LogP contribution in [0.4, 0.5) is 5.82 Å². The zero-order valence-electron chi connectivity index (χ0n) is 23.6. The summed E-state index contributed by atoms with van der Waals surface area (Å²) in [6, 6.07) is 16.9. The molecule has 220 valence electrons. The maximum Gasteiger partial charge on any atom is 0.296 e. The van der Waals surface area contributed by atoms with E-state index in [1.54, 1.807) is 37.6 Å². The Kier molecular flexibility index (Phi) is 8.98. The summed E-state index contributed by atoms with van der Waals surface area (Å²) < 4.78 is 15.2. The van der Waals surface area contributed by atoms with Crippen LogP contribution >= 0.6 is 23.2 Å². The van der Waals surface area contributed by atoms with E-state index in [1.165, 1.54) is 13.0 Å². The average Bonchev–Trinajstić information content (AvgIpc) is 3.59. The van der Waals surface area contributed by atoms with Gasteiger partial charge < -0.3 is 24.7 Å². The molecular weight excluding hydrogens is 591 g/mol. The van der Waals surface area contributed by atoms with Crippen LogP contribution in [-0.2, 0) is 29.8 Å². The van der Waals surface area contributed by atoms with Gasteiger partial charge in [-0.2, -0.15) is 4.98 Å². The first-order chi connectivity index (χ1) is 20.7. The highest BCUT2D eigenvalue weighted by molar-refractivity contribution is 6.37. The summed E-state index contributed by atoms with van der Waals surface area (Å²) in [7, 11) is 3.44. The predicted octanol–water partition coefficient (Wildman–Crippen LogP) is 5.94. The number of halogens is 2. The van der Waals surface area contributed by atoms with Gasteiger partial charge in [-0.1, -0.05) is 29.3 Å². The van der Waals surface area contributed by atoms with Crippen LogP contribution in [0.2, 0.25) is 10.0 Å². The van der Waals surface area contributed by atoms with Crippen molar-refractivity contribution in [3.8, 4) is 17.4 Å². The Morgan fingerprint density at radius 1 is 1.07 bits per heavy atom. The molecule has 0 bridgehead atoms. The van der Waals surface area contributed by atoms with Gasteiger partial charge in [0, 0.05) is 48.7 Å². The van der Waals surface area contributed by atoms with Gasteiger partial charge in [0.05, 0.1) is 29.9 Å². The molecule has 0 fully saturated rings. The number of anilines is 1. The van der Waals surface area contributed by atoms with Crippen molar-refractivity contribution in [3.05, 3.63) is 99.9 Å². The monoisotopic (exact) mass is 618 g/mol. The Bertz CT molecular complexity index is 1830. The third-order valence-electron chi connectivity index (χ3n) is 6.61. The normalized spacial score (nSPS) is 11.2. The molecule has 2 N–H and O–H groups in total. The molecule has 12 heteroatoms. The fourth-order valence-electron chi connectivity index (χ4n) is 4.48. The smallest absolute Gasteiger partial charge is 0.296 e. The van der Waals surface area contributed by atoms with Crippen LogP contribution in [0.1, 0.15) is 23.7 Å². The van der Waals surface area contributed by atoms with Crippen molar-refractivity contribution >= 4 is 57.9 Å². The van der Waals surface area contributed by atoms with Crippen LogP contribution in [0.5, 0.6) is 11.8 Å². The van der Waals surface area contributed by atoms with E-state index in [4.69, 9.17) is 32.7 Å². The average molecular weight is 620 g/mol. The number of carbonyl (C=O) groups is 2. The minimum atomic E-state index is -0.282. The van der Waals surface area contributed by atoms with Crippen LogP contribution in [-0.4, -0.2) is 38.0 Å². The summed E-state index contributed by atoms with van der Waals surface area (Å²) in [5.41, 5.74) is 4.37. The van der Waals surface area contributed by atoms with E-state index in [2.05, 4.69) is 20.6 Å². The van der Waals surface area contributed by atoms with Crippen molar-refractivity contribution in [2.75, 3.05) is 12.4 Å². The van der Waals surface area contributed by atoms with Crippen LogP contribution in [0.3, 0.4) is 0 Å². The first-order valence-corrected chi connectivity index (χ1v) is 14.0. The number of fused-ring (bicyclic) bond motifs is 1. The molecule has 0 spiro atoms. The first-order valence-electron chi connectivity index (χ1n) is 13.2. The standard InChI is InChI=1S/C31H28Cl2N6O4/c1-19(40)36-27-13-9-20(16-34-27)10-14-28(41)35-17-21-6-5-15-39(21)24-12-11-23(32)22(29(24)33)18-43-26-8-4-7-25-30(26)37-31(42-3)38(25)2/h4-16H,17-18H2,1-3H3,(H,35,41)(H,34,36,40). The fourth-order valence-corrected chi connectivity index (χ4v) is 5.05. The summed E-state index contributed by atoms with van der Waals surface area (Å²) in [6.45, 7) is 1.78. The highest BCUT2D eigenvalue weighted by Crippen LogP contribution is 2.34. The summed E-state index contributed by atoms with van der Waals surface area (Å²) >= 11 is 13.4. The second kappa shape index (κ2) is 13.0. The fraction of sp³-hybridized carbons (Fsp3) is 0.161. The molecule has 0 saturated heterocycles. The number of nitrogens with zero attached hydrogens (tertiary/aromatic N) is 4. The van der Waals surface area contributed by atoms with Gasteiger partial charge in [0.25, 0.3) is 6.01 Å². The number of nitrogens with one attached hydrogen (secondary N) is 2. The molecule has 0 unspecified atom stereocenters. The van der Waals surface area contributed by atoms with Gasteiger partial charge in [0.15, 0.2) is 0 Å². The van der Waals surface area contributed by atoms with E-state index in [1.807, 2.05) is 58.8 Å². The van der Waals surface area contributed by atoms with Crippen LogP contribution in [0.15, 0.2) is 73.1 Å². The minimum Gasteiger partial charge on any atom is -0.486 e. The van der Waals surface area contributed by atoms with E-state index >= 15 is 0 Å². The third-order valence-corrected chi connectivity index (χ3v) is 7.38. The molecule has 3 heterocycles. The van der Waals surface area contributed by atoms with Crippen LogP contribution in [0.25, 0.3) is 22.8 Å². The molecule has 5 rings (SSSR count). The Hall–Kier alpha value is -4.80. The molecule has 2 amide bonds. The number of ether oxygens (including phenoxy) is 2. The lowest BCUT2D eigenvalue weighted by molar-refractivity contribution is -0.116. The topological polar surface area (TPSA) is 112 Å². The molecule has 10 nitrogen and oxygen atoms in total. The molecule has 5 aromatic rings. The number of benzene rings is 2. The van der Waals surface area contributed by atoms with E-state index in [-0.39, 0.29) is 25.0 Å². The number of carbonyl (C=O) groups excluding carboxylic acids is 2. The number of imidazole rings is 1. The lowest BCUT2D eigenvalue weighted by Crippen LogP contribution is -2.21. The summed E-state index contributed by atoms with van der Waals surface area (Å²) in [5, 5.41) is 6.38. The Labute approximate surface area is 257 Å². The van der Waals surface area contributed by atoms with E-state index < -0.39 is 0 Å². The number of aryl methyl sites for hydroxylation is 1. The van der Waals surface area contributed by atoms with Crippen molar-refractivity contribution in [1.82, 2.24) is 24.4 Å². The largest absolute Gasteiger partial charge is 0.486 e. The van der Waals surface area contributed by atoms with Crippen molar-refractivity contribution < 1.29 is 19.1 Å². The van der Waals surface area contributed by atoms with Crippen LogP contribution in [0, 0.1) is 0 Å². The SMILES string of the molecule is COc1nc2c(OCc3c(Cl)ccc(-n4cccc4CNC(=O)C=Cc4ccc(NC(C)=O)nc4)c3Cl)cccc2n1C. The van der Waals surface area contributed by atoms with Gasteiger partial charge in [-0.25, -0.2) is 4.98 Å². The number of pyridine rings is 1. The maximum atomic E-state index is 12.5. The Morgan fingerprint density at radius 2 is 1.91 bits per heavy atom. The van der Waals surface area contributed by atoms with E-state index in [0.717, 1.165) is 11.2 Å². The summed E-state index contributed by atoms with van der Waals surface area (Å²) in [5.74, 6) is 0.530. The maximum absolute atomic E-state index is 12.5. The van der Waals surface area contributed by atoms with Gasteiger partial charge in [0.1, 0.15) is 23.7 Å². The number of hydrogen-bond donors (Lipinski definition) is 2. The number of para-hydroxylation sites is 1. The number of aromatic nitrogens is 4. The number of hydrogen-bond acceptors (Lipinski definition) is 6. The number of rotatable bonds is 10. The van der Waals surface area contributed by atoms with Gasteiger partial charge in [-0.15, -0.1) is 0 Å². The van der Waals surface area contributed by atoms with E-state index in [0.29, 0.717) is 50.0 Å². The van der Waals surface area contributed by atoms with Crippen molar-refractivity contribution in [2.45, 2.75) is 20.1 Å². The first kappa shape index (κ1) is 29.7. The van der Waals surface area contributed by atoms with Gasteiger partial charge in [0.2, 0.25) is 11.8 Å². The second-order valence-corrected chi connectivity index (χ2v) is 10.3. The second-order valence-electron chi connectivity index (χ2n) is 9.51. The van der Waals surface area contributed by atoms with Gasteiger partial charge in [-0.05, 0) is 60.2 Å². The third kappa shape index (κ3) is 6.66. The Balaban J connectivity index is 1.28. The molecule has 0 radical (unpaired) electrons. The van der Waals surface area contributed by atoms with Gasteiger partial charge in [-0.3, -0.25) is 14.2 Å². The quantitative estimate of drug-likeness (QED) is 0.187. The zero-order valence-corrected chi connectivity index (χ0v) is 25.1. The van der Waals surface area contributed by atoms with Crippen molar-refractivity contribution in [3.63, 3.8) is 0 Å². The lowest BCUT2D eigenvalue weighted by atomic mass is 10.2.